The molecule has 0 amide bonds. The van der Waals surface area contributed by atoms with Gasteiger partial charge in [-0.05, 0) is 12.1 Å². The molecule has 0 bridgehead atoms. The highest BCUT2D eigenvalue weighted by molar-refractivity contribution is 4.97. The van der Waals surface area contributed by atoms with Crippen LogP contribution in [0.2, 0.25) is 0 Å². The molecule has 0 unspecified atom stereocenters. The molecule has 5 heteroatoms. The van der Waals surface area contributed by atoms with E-state index in [9.17, 15) is 8.78 Å². The minimum absolute atomic E-state index is 0.239. The lowest BCUT2D eigenvalue weighted by Crippen LogP contribution is -2.35. The van der Waals surface area contributed by atoms with Crippen LogP contribution in [-0.4, -0.2) is 24.2 Å². The van der Waals surface area contributed by atoms with E-state index in [4.69, 9.17) is 9.52 Å². The number of hydrogen-bond acceptors (Lipinski definition) is 3. The number of alkyl halides is 2. The Balaban J connectivity index is 2.21. The van der Waals surface area contributed by atoms with E-state index in [1.165, 1.54) is 6.26 Å². The van der Waals surface area contributed by atoms with Crippen molar-refractivity contribution in [3.63, 3.8) is 0 Å². The first-order valence-corrected chi connectivity index (χ1v) is 3.86. The van der Waals surface area contributed by atoms with Gasteiger partial charge >= 0.3 is 0 Å². The molecule has 2 N–H and O–H groups in total. The second-order valence-corrected chi connectivity index (χ2v) is 2.70. The second-order valence-electron chi connectivity index (χ2n) is 2.70. The van der Waals surface area contributed by atoms with E-state index in [1.54, 1.807) is 12.1 Å². The van der Waals surface area contributed by atoms with Crippen LogP contribution in [-0.2, 0) is 6.54 Å². The zero-order valence-electron chi connectivity index (χ0n) is 6.96. The van der Waals surface area contributed by atoms with Gasteiger partial charge in [0, 0.05) is 0 Å². The summed E-state index contributed by atoms with van der Waals surface area (Å²) in [5, 5.41) is 10.7. The summed E-state index contributed by atoms with van der Waals surface area (Å²) in [6, 6.07) is 3.37. The molecule has 1 heterocycles. The Labute approximate surface area is 74.4 Å². The van der Waals surface area contributed by atoms with Crippen LogP contribution in [0.5, 0.6) is 0 Å². The van der Waals surface area contributed by atoms with Gasteiger partial charge in [-0.1, -0.05) is 0 Å². The SMILES string of the molecule is OCC(F)(F)CNCc1ccco1. The maximum absolute atomic E-state index is 12.4. The molecule has 0 spiro atoms. The molecule has 0 fully saturated rings. The van der Waals surface area contributed by atoms with E-state index < -0.39 is 19.1 Å². The van der Waals surface area contributed by atoms with E-state index in [-0.39, 0.29) is 6.54 Å². The molecule has 1 rings (SSSR count). The highest BCUT2D eigenvalue weighted by Gasteiger charge is 2.26. The lowest BCUT2D eigenvalue weighted by Gasteiger charge is -2.12. The lowest BCUT2D eigenvalue weighted by atomic mass is 10.3. The summed E-state index contributed by atoms with van der Waals surface area (Å²) < 4.78 is 29.8. The van der Waals surface area contributed by atoms with Gasteiger partial charge in [0.1, 0.15) is 12.4 Å². The molecule has 0 aliphatic rings. The van der Waals surface area contributed by atoms with E-state index in [0.29, 0.717) is 5.76 Å². The van der Waals surface area contributed by atoms with Crippen LogP contribution in [0.1, 0.15) is 5.76 Å². The number of halogens is 2. The van der Waals surface area contributed by atoms with Gasteiger partial charge in [-0.25, -0.2) is 8.78 Å². The van der Waals surface area contributed by atoms with E-state index >= 15 is 0 Å². The predicted molar refractivity (Wildman–Crippen MR) is 42.4 cm³/mol. The first-order valence-electron chi connectivity index (χ1n) is 3.86. The van der Waals surface area contributed by atoms with E-state index in [0.717, 1.165) is 0 Å². The van der Waals surface area contributed by atoms with Crippen LogP contribution in [0.15, 0.2) is 22.8 Å². The van der Waals surface area contributed by atoms with Gasteiger partial charge in [-0.3, -0.25) is 0 Å². The number of hydrogen-bond donors (Lipinski definition) is 2. The minimum atomic E-state index is -3.06. The summed E-state index contributed by atoms with van der Waals surface area (Å²) >= 11 is 0. The van der Waals surface area contributed by atoms with Gasteiger partial charge in [-0.2, -0.15) is 0 Å². The monoisotopic (exact) mass is 191 g/mol. The molecular formula is C8H11F2NO2. The molecular weight excluding hydrogens is 180 g/mol. The molecule has 0 atom stereocenters. The summed E-state index contributed by atoms with van der Waals surface area (Å²) in [4.78, 5) is 0. The Morgan fingerprint density at radius 2 is 2.31 bits per heavy atom. The van der Waals surface area contributed by atoms with E-state index in [1.807, 2.05) is 0 Å². The third-order valence-electron chi connectivity index (χ3n) is 1.49. The molecule has 1 aromatic rings. The number of furan rings is 1. The van der Waals surface area contributed by atoms with Crippen LogP contribution in [0, 0.1) is 0 Å². The van der Waals surface area contributed by atoms with Crippen molar-refractivity contribution in [1.29, 1.82) is 0 Å². The molecule has 0 aliphatic heterocycles. The van der Waals surface area contributed by atoms with E-state index in [2.05, 4.69) is 5.32 Å². The number of aliphatic hydroxyl groups excluding tert-OH is 1. The van der Waals surface area contributed by atoms with Crippen LogP contribution < -0.4 is 5.32 Å². The zero-order valence-corrected chi connectivity index (χ0v) is 6.96. The highest BCUT2D eigenvalue weighted by Crippen LogP contribution is 2.10. The molecule has 0 aliphatic carbocycles. The van der Waals surface area contributed by atoms with Crippen molar-refractivity contribution in [2.75, 3.05) is 13.2 Å². The lowest BCUT2D eigenvalue weighted by molar-refractivity contribution is -0.0479. The highest BCUT2D eigenvalue weighted by atomic mass is 19.3. The quantitative estimate of drug-likeness (QED) is 0.729. The summed E-state index contributed by atoms with van der Waals surface area (Å²) in [7, 11) is 0. The molecule has 0 radical (unpaired) electrons. The zero-order chi connectivity index (χ0) is 9.73. The third kappa shape index (κ3) is 3.52. The smallest absolute Gasteiger partial charge is 0.282 e. The van der Waals surface area contributed by atoms with Crippen molar-refractivity contribution in [3.8, 4) is 0 Å². The van der Waals surface area contributed by atoms with Crippen LogP contribution in [0.25, 0.3) is 0 Å². The number of rotatable bonds is 5. The van der Waals surface area contributed by atoms with Crippen molar-refractivity contribution in [3.05, 3.63) is 24.2 Å². The normalized spacial score (nSPS) is 11.9. The average Bonchev–Trinajstić information content (AvgIpc) is 2.57. The van der Waals surface area contributed by atoms with Gasteiger partial charge in [0.25, 0.3) is 5.92 Å². The van der Waals surface area contributed by atoms with Crippen molar-refractivity contribution in [2.24, 2.45) is 0 Å². The molecule has 74 valence electrons. The summed E-state index contributed by atoms with van der Waals surface area (Å²) in [5.74, 6) is -2.47. The summed E-state index contributed by atoms with van der Waals surface area (Å²) in [5.41, 5.74) is 0. The first kappa shape index (κ1) is 10.1. The Morgan fingerprint density at radius 3 is 2.85 bits per heavy atom. The molecule has 13 heavy (non-hydrogen) atoms. The van der Waals surface area contributed by atoms with Crippen molar-refractivity contribution in [2.45, 2.75) is 12.5 Å². The fourth-order valence-electron chi connectivity index (χ4n) is 0.838. The molecule has 3 nitrogen and oxygen atoms in total. The largest absolute Gasteiger partial charge is 0.468 e. The van der Waals surface area contributed by atoms with Crippen molar-refractivity contribution in [1.82, 2.24) is 5.32 Å². The van der Waals surface area contributed by atoms with Gasteiger partial charge in [0.15, 0.2) is 0 Å². The van der Waals surface area contributed by atoms with Crippen LogP contribution in [0.3, 0.4) is 0 Å². The van der Waals surface area contributed by atoms with Gasteiger partial charge in [0.2, 0.25) is 0 Å². The number of aliphatic hydroxyl groups is 1. The molecule has 1 aromatic heterocycles. The van der Waals surface area contributed by atoms with Crippen molar-refractivity contribution >= 4 is 0 Å². The first-order chi connectivity index (χ1) is 6.14. The molecule has 0 saturated heterocycles. The van der Waals surface area contributed by atoms with Gasteiger partial charge < -0.3 is 14.8 Å². The average molecular weight is 191 g/mol. The predicted octanol–water partition coefficient (Wildman–Crippen LogP) is 0.997. The third-order valence-corrected chi connectivity index (χ3v) is 1.49. The molecule has 0 aromatic carbocycles. The summed E-state index contributed by atoms with van der Waals surface area (Å²) in [6.45, 7) is -1.45. The Kier molecular flexibility index (Phi) is 3.39. The van der Waals surface area contributed by atoms with Crippen LogP contribution in [0.4, 0.5) is 8.78 Å². The standard InChI is InChI=1S/C8H11F2NO2/c9-8(10,6-12)5-11-4-7-2-1-3-13-7/h1-3,11-12H,4-6H2. The van der Waals surface area contributed by atoms with Gasteiger partial charge in [0.05, 0.1) is 19.4 Å². The fourth-order valence-corrected chi connectivity index (χ4v) is 0.838. The Bertz CT molecular complexity index is 236. The topological polar surface area (TPSA) is 45.4 Å². The Morgan fingerprint density at radius 1 is 1.54 bits per heavy atom. The second kappa shape index (κ2) is 4.34. The minimum Gasteiger partial charge on any atom is -0.468 e. The Hall–Kier alpha value is -0.940. The molecule has 0 saturated carbocycles. The van der Waals surface area contributed by atoms with Crippen molar-refractivity contribution < 1.29 is 18.3 Å². The fraction of sp³-hybridized carbons (Fsp3) is 0.500. The van der Waals surface area contributed by atoms with Gasteiger partial charge in [-0.15, -0.1) is 0 Å². The van der Waals surface area contributed by atoms with Crippen LogP contribution >= 0.6 is 0 Å². The maximum atomic E-state index is 12.4. The number of nitrogens with one attached hydrogen (secondary N) is 1. The maximum Gasteiger partial charge on any atom is 0.282 e. The summed E-state index contributed by atoms with van der Waals surface area (Å²) in [6.07, 6.45) is 1.47.